The summed E-state index contributed by atoms with van der Waals surface area (Å²) in [5, 5.41) is 7.75. The lowest BCUT2D eigenvalue weighted by Crippen LogP contribution is -2.21. The zero-order valence-electron chi connectivity index (χ0n) is 13.9. The van der Waals surface area contributed by atoms with Crippen LogP contribution in [0.25, 0.3) is 11.0 Å². The molecule has 0 aliphatic heterocycles. The number of carbonyl (C=O) groups excluding carboxylic acids is 1. The Bertz CT molecular complexity index is 808. The number of imidazole rings is 1. The number of nitrogens with two attached hydrogens (primary N) is 1. The van der Waals surface area contributed by atoms with Crippen LogP contribution < -0.4 is 5.73 Å². The van der Waals surface area contributed by atoms with Gasteiger partial charge in [-0.3, -0.25) is 4.79 Å². The second-order valence-electron chi connectivity index (χ2n) is 5.20. The second-order valence-corrected chi connectivity index (χ2v) is 5.64. The summed E-state index contributed by atoms with van der Waals surface area (Å²) >= 11 is 5.90. The van der Waals surface area contributed by atoms with E-state index in [4.69, 9.17) is 32.0 Å². The lowest BCUT2D eigenvalue weighted by atomic mass is 10.1. The number of rotatable bonds is 6. The van der Waals surface area contributed by atoms with Crippen molar-refractivity contribution in [2.24, 2.45) is 5.73 Å². The maximum Gasteiger partial charge on any atom is 0.490 e. The molecule has 2 rings (SSSR count). The van der Waals surface area contributed by atoms with E-state index in [9.17, 15) is 18.0 Å². The summed E-state index contributed by atoms with van der Waals surface area (Å²) in [4.78, 5) is 27.8. The van der Waals surface area contributed by atoms with E-state index in [-0.39, 0.29) is 25.0 Å². The molecule has 2 aromatic rings. The molecule has 0 saturated heterocycles. The Morgan fingerprint density at radius 1 is 1.44 bits per heavy atom. The van der Waals surface area contributed by atoms with Gasteiger partial charge >= 0.3 is 18.1 Å². The van der Waals surface area contributed by atoms with Gasteiger partial charge in [0.05, 0.1) is 17.1 Å². The van der Waals surface area contributed by atoms with Crippen molar-refractivity contribution in [3.05, 3.63) is 41.7 Å². The molecule has 148 valence electrons. The van der Waals surface area contributed by atoms with Crippen molar-refractivity contribution in [1.29, 1.82) is 0 Å². The van der Waals surface area contributed by atoms with Gasteiger partial charge in [0.1, 0.15) is 12.4 Å². The number of ether oxygens (including phenoxy) is 1. The highest BCUT2D eigenvalue weighted by molar-refractivity contribution is 6.31. The predicted molar refractivity (Wildman–Crippen MR) is 92.1 cm³/mol. The Kier molecular flexibility index (Phi) is 8.26. The highest BCUT2D eigenvalue weighted by Gasteiger charge is 2.38. The fourth-order valence-electron chi connectivity index (χ4n) is 1.81. The number of aliphatic carboxylic acids is 1. The summed E-state index contributed by atoms with van der Waals surface area (Å²) in [7, 11) is 0. The number of halogens is 4. The molecule has 11 heteroatoms. The summed E-state index contributed by atoms with van der Waals surface area (Å²) in [6.07, 6.45) is -2.85. The van der Waals surface area contributed by atoms with Crippen molar-refractivity contribution < 1.29 is 32.6 Å². The highest BCUT2D eigenvalue weighted by atomic mass is 35.5. The van der Waals surface area contributed by atoms with Crippen LogP contribution in [0.5, 0.6) is 0 Å². The molecule has 1 heterocycles. The van der Waals surface area contributed by atoms with Gasteiger partial charge in [-0.25, -0.2) is 9.78 Å². The molecule has 4 N–H and O–H groups in total. The molecular formula is C16H17ClF3N3O4. The molecule has 0 radical (unpaired) electrons. The van der Waals surface area contributed by atoms with Crippen molar-refractivity contribution >= 4 is 34.6 Å². The van der Waals surface area contributed by atoms with Gasteiger partial charge in [0.2, 0.25) is 0 Å². The lowest BCUT2D eigenvalue weighted by Gasteiger charge is -2.07. The molecule has 0 aliphatic rings. The average Bonchev–Trinajstić information content (AvgIpc) is 3.00. The van der Waals surface area contributed by atoms with Crippen LogP contribution >= 0.6 is 11.6 Å². The number of alkyl halides is 3. The minimum Gasteiger partial charge on any atom is -0.475 e. The third kappa shape index (κ3) is 7.67. The standard InChI is InChI=1S/C14H16ClN3O2.C2HF3O2/c1-2-7-20-13(19)6-4-10(16)14-17-11-5-3-9(15)8-12(11)18-14;3-2(4,5)1(6)7/h2-3,5,8,10H,1,4,6-7,16H2,(H,17,18);(H,6,7)/t10-;/m0./s1. The Morgan fingerprint density at radius 2 is 2.07 bits per heavy atom. The van der Waals surface area contributed by atoms with Crippen LogP contribution in [0.15, 0.2) is 30.9 Å². The van der Waals surface area contributed by atoms with Gasteiger partial charge in [-0.15, -0.1) is 0 Å². The Labute approximate surface area is 157 Å². The van der Waals surface area contributed by atoms with Crippen molar-refractivity contribution in [2.45, 2.75) is 25.1 Å². The highest BCUT2D eigenvalue weighted by Crippen LogP contribution is 2.21. The van der Waals surface area contributed by atoms with Gasteiger partial charge in [0, 0.05) is 11.4 Å². The molecule has 0 spiro atoms. The molecule has 0 fully saturated rings. The SMILES string of the molecule is C=CCOC(=O)CC[C@H](N)c1nc2cc(Cl)ccc2[nH]1.O=C(O)C(F)(F)F. The van der Waals surface area contributed by atoms with E-state index in [1.807, 2.05) is 6.07 Å². The minimum atomic E-state index is -5.08. The first kappa shape index (κ1) is 22.5. The first-order valence-corrected chi connectivity index (χ1v) is 7.89. The Morgan fingerprint density at radius 3 is 2.63 bits per heavy atom. The van der Waals surface area contributed by atoms with E-state index >= 15 is 0 Å². The smallest absolute Gasteiger partial charge is 0.475 e. The number of hydrogen-bond acceptors (Lipinski definition) is 5. The van der Waals surface area contributed by atoms with Crippen LogP contribution in [-0.4, -0.2) is 39.8 Å². The van der Waals surface area contributed by atoms with Gasteiger partial charge in [-0.05, 0) is 24.6 Å². The molecular weight excluding hydrogens is 391 g/mol. The van der Waals surface area contributed by atoms with Crippen LogP contribution in [0.1, 0.15) is 24.7 Å². The summed E-state index contributed by atoms with van der Waals surface area (Å²) in [5.41, 5.74) is 7.65. The van der Waals surface area contributed by atoms with Gasteiger partial charge < -0.3 is 20.6 Å². The summed E-state index contributed by atoms with van der Waals surface area (Å²) in [5.74, 6) is -2.41. The molecule has 7 nitrogen and oxygen atoms in total. The van der Waals surface area contributed by atoms with E-state index in [0.29, 0.717) is 17.3 Å². The van der Waals surface area contributed by atoms with Crippen molar-refractivity contribution in [3.63, 3.8) is 0 Å². The number of hydrogen-bond donors (Lipinski definition) is 3. The summed E-state index contributed by atoms with van der Waals surface area (Å²) in [6, 6.07) is 5.04. The third-order valence-electron chi connectivity index (χ3n) is 3.08. The number of nitrogens with zero attached hydrogens (tertiary/aromatic N) is 1. The normalized spacial score (nSPS) is 12.0. The molecule has 1 atom stereocenters. The zero-order valence-corrected chi connectivity index (χ0v) is 14.7. The van der Waals surface area contributed by atoms with Crippen LogP contribution in [0.3, 0.4) is 0 Å². The van der Waals surface area contributed by atoms with Gasteiger partial charge in [-0.1, -0.05) is 24.3 Å². The molecule has 1 aromatic carbocycles. The molecule has 0 saturated carbocycles. The van der Waals surface area contributed by atoms with E-state index < -0.39 is 12.1 Å². The number of carboxylic acids is 1. The quantitative estimate of drug-likeness (QED) is 0.499. The number of carboxylic acid groups (broad SMARTS) is 1. The molecule has 0 bridgehead atoms. The molecule has 0 aliphatic carbocycles. The number of benzene rings is 1. The third-order valence-corrected chi connectivity index (χ3v) is 3.31. The van der Waals surface area contributed by atoms with E-state index in [1.54, 1.807) is 12.1 Å². The van der Waals surface area contributed by atoms with Crippen LogP contribution in [0.4, 0.5) is 13.2 Å². The Hall–Kier alpha value is -2.59. The lowest BCUT2D eigenvalue weighted by molar-refractivity contribution is -0.192. The molecule has 0 amide bonds. The number of fused-ring (bicyclic) bond motifs is 1. The summed E-state index contributed by atoms with van der Waals surface area (Å²) in [6.45, 7) is 3.70. The number of esters is 1. The number of H-pyrrole nitrogens is 1. The second kappa shape index (κ2) is 9.93. The first-order valence-electron chi connectivity index (χ1n) is 7.52. The van der Waals surface area contributed by atoms with E-state index in [0.717, 1.165) is 11.0 Å². The number of aromatic nitrogens is 2. The Balaban J connectivity index is 0.000000445. The average molecular weight is 408 g/mol. The minimum absolute atomic E-state index is 0.219. The zero-order chi connectivity index (χ0) is 20.6. The number of nitrogens with one attached hydrogen (secondary N) is 1. The maximum atomic E-state index is 11.4. The van der Waals surface area contributed by atoms with Gasteiger partial charge in [0.25, 0.3) is 0 Å². The first-order chi connectivity index (χ1) is 12.5. The summed E-state index contributed by atoms with van der Waals surface area (Å²) < 4.78 is 36.6. The number of aromatic amines is 1. The maximum absolute atomic E-state index is 11.4. The van der Waals surface area contributed by atoms with Crippen molar-refractivity contribution in [3.8, 4) is 0 Å². The fourth-order valence-corrected chi connectivity index (χ4v) is 1.97. The van der Waals surface area contributed by atoms with Gasteiger partial charge in [0.15, 0.2) is 0 Å². The van der Waals surface area contributed by atoms with E-state index in [1.165, 1.54) is 6.08 Å². The van der Waals surface area contributed by atoms with Crippen molar-refractivity contribution in [2.75, 3.05) is 6.61 Å². The van der Waals surface area contributed by atoms with Crippen LogP contribution in [-0.2, 0) is 14.3 Å². The monoisotopic (exact) mass is 407 g/mol. The van der Waals surface area contributed by atoms with Crippen molar-refractivity contribution in [1.82, 2.24) is 9.97 Å². The van der Waals surface area contributed by atoms with Crippen LogP contribution in [0, 0.1) is 0 Å². The van der Waals surface area contributed by atoms with Crippen LogP contribution in [0.2, 0.25) is 5.02 Å². The molecule has 27 heavy (non-hydrogen) atoms. The number of carbonyl (C=O) groups is 2. The van der Waals surface area contributed by atoms with Gasteiger partial charge in [-0.2, -0.15) is 13.2 Å². The fraction of sp³-hybridized carbons (Fsp3) is 0.312. The molecule has 1 aromatic heterocycles. The van der Waals surface area contributed by atoms with E-state index in [2.05, 4.69) is 16.5 Å². The largest absolute Gasteiger partial charge is 0.490 e. The predicted octanol–water partition coefficient (Wildman–Crippen LogP) is 3.36. The molecule has 0 unspecified atom stereocenters. The topological polar surface area (TPSA) is 118 Å².